The maximum Gasteiger partial charge on any atom is 0.164 e. The molecular formula is C69H42N4OS. The van der Waals surface area contributed by atoms with E-state index in [0.29, 0.717) is 17.5 Å². The lowest BCUT2D eigenvalue weighted by molar-refractivity contribution is 0.669. The largest absolute Gasteiger partial charge is 0.456 e. The van der Waals surface area contributed by atoms with Gasteiger partial charge >= 0.3 is 0 Å². The first-order chi connectivity index (χ1) is 37.2. The van der Waals surface area contributed by atoms with E-state index in [1.165, 1.54) is 53.1 Å². The first kappa shape index (κ1) is 42.9. The normalized spacial score (nSPS) is 11.7. The average molecular weight is 975 g/mol. The topological polar surface area (TPSA) is 56.7 Å². The van der Waals surface area contributed by atoms with Crippen LogP contribution < -0.4 is 0 Å². The third-order valence-electron chi connectivity index (χ3n) is 14.7. The Bertz CT molecular complexity index is 4720. The lowest BCUT2D eigenvalue weighted by Crippen LogP contribution is -2.01. The minimum atomic E-state index is 0.578. The molecule has 0 aliphatic carbocycles. The summed E-state index contributed by atoms with van der Waals surface area (Å²) < 4.78 is 11.5. The lowest BCUT2D eigenvalue weighted by atomic mass is 9.95. The van der Waals surface area contributed by atoms with Crippen LogP contribution in [-0.2, 0) is 0 Å². The molecule has 15 rings (SSSR count). The van der Waals surface area contributed by atoms with Crippen molar-refractivity contribution in [3.63, 3.8) is 0 Å². The molecule has 0 fully saturated rings. The molecule has 0 radical (unpaired) electrons. The molecule has 350 valence electrons. The predicted molar refractivity (Wildman–Crippen MR) is 312 cm³/mol. The molecule has 0 atom stereocenters. The molecule has 0 amide bonds. The molecule has 11 aromatic carbocycles. The summed E-state index contributed by atoms with van der Waals surface area (Å²) in [6, 6.07) is 90.5. The van der Waals surface area contributed by atoms with Gasteiger partial charge in [-0.05, 0) is 117 Å². The van der Waals surface area contributed by atoms with Gasteiger partial charge in [0.15, 0.2) is 17.5 Å². The summed E-state index contributed by atoms with van der Waals surface area (Å²) in [4.78, 5) is 15.9. The van der Waals surface area contributed by atoms with Gasteiger partial charge in [0.1, 0.15) is 11.2 Å². The predicted octanol–water partition coefficient (Wildman–Crippen LogP) is 18.9. The van der Waals surface area contributed by atoms with Crippen molar-refractivity contribution in [1.29, 1.82) is 0 Å². The summed E-state index contributed by atoms with van der Waals surface area (Å²) in [5.74, 6) is 1.79. The smallest absolute Gasteiger partial charge is 0.164 e. The summed E-state index contributed by atoms with van der Waals surface area (Å²) in [6.45, 7) is 0. The van der Waals surface area contributed by atoms with Crippen molar-refractivity contribution in [2.24, 2.45) is 0 Å². The molecule has 4 heterocycles. The third-order valence-corrected chi connectivity index (χ3v) is 15.8. The standard InChI is InChI=1S/C69H42N4OS/c1-3-17-43(18-4-1)67-70-68(54-27-8-7-25-51(54)53-29-16-34-64-66(53)55-28-10-12-33-63(55)75-64)72-69(71-67)56-30-15-32-62-65(56)58-42-49(36-38-61(58)74-62)47-22-14-20-45(40-47)44-19-13-21-46(39-44)48-35-37-60-57(41-48)52-26-9-11-31-59(52)73(60)50-23-5-2-6-24-50/h1-42H. The Kier molecular flexibility index (Phi) is 10.00. The van der Waals surface area contributed by atoms with Crippen molar-refractivity contribution in [2.45, 2.75) is 0 Å². The zero-order chi connectivity index (χ0) is 49.4. The van der Waals surface area contributed by atoms with Crippen LogP contribution in [0.3, 0.4) is 0 Å². The van der Waals surface area contributed by atoms with E-state index >= 15 is 0 Å². The zero-order valence-electron chi connectivity index (χ0n) is 40.4. The van der Waals surface area contributed by atoms with E-state index in [4.69, 9.17) is 19.4 Å². The molecule has 0 unspecified atom stereocenters. The van der Waals surface area contributed by atoms with Gasteiger partial charge in [-0.15, -0.1) is 11.3 Å². The molecule has 0 saturated heterocycles. The molecule has 0 spiro atoms. The SMILES string of the molecule is c1ccc(-c2nc(-c3ccccc3-c3cccc4sc5ccccc5c34)nc(-c3cccc4oc5ccc(-c6cccc(-c7cccc(-c8ccc9c(c8)c8ccccc8n9-c8ccccc8)c7)c6)cc5c34)n2)cc1. The highest BCUT2D eigenvalue weighted by Gasteiger charge is 2.22. The van der Waals surface area contributed by atoms with Crippen LogP contribution in [0.25, 0.3) is 148 Å². The average Bonchev–Trinajstić information content (AvgIpc) is 4.17. The highest BCUT2D eigenvalue weighted by atomic mass is 32.1. The van der Waals surface area contributed by atoms with Gasteiger partial charge in [0.05, 0.1) is 11.0 Å². The second-order valence-electron chi connectivity index (χ2n) is 19.1. The fourth-order valence-electron chi connectivity index (χ4n) is 11.2. The van der Waals surface area contributed by atoms with Crippen molar-refractivity contribution in [2.75, 3.05) is 0 Å². The van der Waals surface area contributed by atoms with Gasteiger partial charge < -0.3 is 8.98 Å². The number of rotatable bonds is 8. The van der Waals surface area contributed by atoms with Crippen LogP contribution in [0, 0.1) is 0 Å². The van der Waals surface area contributed by atoms with Crippen LogP contribution >= 0.6 is 11.3 Å². The summed E-state index contributed by atoms with van der Waals surface area (Å²) in [5, 5.41) is 6.92. The van der Waals surface area contributed by atoms with Crippen LogP contribution in [0.15, 0.2) is 259 Å². The van der Waals surface area contributed by atoms with Gasteiger partial charge in [-0.3, -0.25) is 0 Å². The zero-order valence-corrected chi connectivity index (χ0v) is 41.2. The number of benzene rings is 11. The minimum absolute atomic E-state index is 0.578. The maximum absolute atomic E-state index is 6.63. The van der Waals surface area contributed by atoms with Crippen LogP contribution in [-0.4, -0.2) is 19.5 Å². The second kappa shape index (κ2) is 17.5. The van der Waals surface area contributed by atoms with Crippen LogP contribution in [0.5, 0.6) is 0 Å². The molecule has 5 nitrogen and oxygen atoms in total. The number of hydrogen-bond acceptors (Lipinski definition) is 5. The monoisotopic (exact) mass is 974 g/mol. The van der Waals surface area contributed by atoms with Crippen LogP contribution in [0.1, 0.15) is 0 Å². The fraction of sp³-hybridized carbons (Fsp3) is 0. The summed E-state index contributed by atoms with van der Waals surface area (Å²) >= 11 is 1.82. The maximum atomic E-state index is 6.63. The molecule has 0 N–H and O–H groups in total. The summed E-state index contributed by atoms with van der Waals surface area (Å²) in [6.07, 6.45) is 0. The molecular weight excluding hydrogens is 933 g/mol. The second-order valence-corrected chi connectivity index (χ2v) is 20.2. The Hall–Kier alpha value is -9.75. The lowest BCUT2D eigenvalue weighted by Gasteiger charge is -2.13. The van der Waals surface area contributed by atoms with E-state index in [1.807, 2.05) is 41.7 Å². The molecule has 15 aromatic rings. The Morgan fingerprint density at radius 1 is 0.293 bits per heavy atom. The van der Waals surface area contributed by atoms with Crippen molar-refractivity contribution in [3.8, 4) is 84.4 Å². The van der Waals surface area contributed by atoms with Crippen LogP contribution in [0.2, 0.25) is 0 Å². The van der Waals surface area contributed by atoms with E-state index in [-0.39, 0.29) is 0 Å². The Morgan fingerprint density at radius 2 is 0.813 bits per heavy atom. The highest BCUT2D eigenvalue weighted by molar-refractivity contribution is 7.25. The number of hydrogen-bond donors (Lipinski definition) is 0. The van der Waals surface area contributed by atoms with E-state index < -0.39 is 0 Å². The molecule has 0 aliphatic heterocycles. The number of nitrogens with zero attached hydrogens (tertiary/aromatic N) is 4. The van der Waals surface area contributed by atoms with Crippen molar-refractivity contribution < 1.29 is 4.42 Å². The molecule has 4 aromatic heterocycles. The summed E-state index contributed by atoms with van der Waals surface area (Å²) in [5.41, 5.74) is 16.9. The van der Waals surface area contributed by atoms with Gasteiger partial charge in [-0.1, -0.05) is 182 Å². The van der Waals surface area contributed by atoms with Gasteiger partial charge in [0.25, 0.3) is 0 Å². The number of fused-ring (bicyclic) bond motifs is 9. The Balaban J connectivity index is 0.826. The van der Waals surface area contributed by atoms with Crippen molar-refractivity contribution in [3.05, 3.63) is 255 Å². The number of aromatic nitrogens is 4. The Labute approximate surface area is 435 Å². The fourth-order valence-corrected chi connectivity index (χ4v) is 12.3. The third kappa shape index (κ3) is 7.25. The van der Waals surface area contributed by atoms with Crippen LogP contribution in [0.4, 0.5) is 0 Å². The molecule has 0 aliphatic rings. The number of thiophene rings is 1. The van der Waals surface area contributed by atoms with E-state index in [9.17, 15) is 0 Å². The van der Waals surface area contributed by atoms with Crippen molar-refractivity contribution in [1.82, 2.24) is 19.5 Å². The van der Waals surface area contributed by atoms with Gasteiger partial charge in [-0.25, -0.2) is 15.0 Å². The molecule has 75 heavy (non-hydrogen) atoms. The van der Waals surface area contributed by atoms with E-state index in [2.05, 4.69) is 229 Å². The highest BCUT2D eigenvalue weighted by Crippen LogP contribution is 2.44. The molecule has 0 saturated carbocycles. The van der Waals surface area contributed by atoms with Gasteiger partial charge in [-0.2, -0.15) is 0 Å². The van der Waals surface area contributed by atoms with Gasteiger partial charge in [0.2, 0.25) is 0 Å². The summed E-state index contributed by atoms with van der Waals surface area (Å²) in [7, 11) is 0. The quantitative estimate of drug-likeness (QED) is 0.152. The Morgan fingerprint density at radius 3 is 1.59 bits per heavy atom. The minimum Gasteiger partial charge on any atom is -0.456 e. The molecule has 6 heteroatoms. The first-order valence-corrected chi connectivity index (χ1v) is 26.1. The number of para-hydroxylation sites is 2. The van der Waals surface area contributed by atoms with E-state index in [1.54, 1.807) is 0 Å². The van der Waals surface area contributed by atoms with Gasteiger partial charge in [0, 0.05) is 64.1 Å². The van der Waals surface area contributed by atoms with E-state index in [0.717, 1.165) is 77.7 Å². The van der Waals surface area contributed by atoms with Crippen molar-refractivity contribution >= 4 is 75.3 Å². The number of furan rings is 1. The molecule has 0 bridgehead atoms. The first-order valence-electron chi connectivity index (χ1n) is 25.2.